The molecule has 108 valence electrons. The van der Waals surface area contributed by atoms with Gasteiger partial charge in [0.1, 0.15) is 5.84 Å². The van der Waals surface area contributed by atoms with Crippen molar-refractivity contribution in [2.45, 2.75) is 26.2 Å². The summed E-state index contributed by atoms with van der Waals surface area (Å²) in [5, 5.41) is 3.42. The molecule has 0 aliphatic carbocycles. The number of ether oxygens (including phenoxy) is 1. The smallest absolute Gasteiger partial charge is 0.102 e. The van der Waals surface area contributed by atoms with E-state index in [4.69, 9.17) is 9.73 Å². The Balaban J connectivity index is 1.91. The summed E-state index contributed by atoms with van der Waals surface area (Å²) in [6, 6.07) is 6.39. The lowest BCUT2D eigenvalue weighted by atomic mass is 10.1. The van der Waals surface area contributed by atoms with Gasteiger partial charge in [0.15, 0.2) is 0 Å². The van der Waals surface area contributed by atoms with Crippen molar-refractivity contribution in [1.29, 1.82) is 0 Å². The zero-order valence-electron chi connectivity index (χ0n) is 12.2. The Bertz CT molecular complexity index is 484. The van der Waals surface area contributed by atoms with Crippen LogP contribution in [0.2, 0.25) is 0 Å². The number of benzene rings is 1. The molecule has 2 saturated heterocycles. The summed E-state index contributed by atoms with van der Waals surface area (Å²) in [5.41, 5.74) is 3.66. The van der Waals surface area contributed by atoms with Crippen LogP contribution in [0, 0.1) is 6.92 Å². The van der Waals surface area contributed by atoms with Crippen molar-refractivity contribution >= 4 is 17.2 Å². The van der Waals surface area contributed by atoms with E-state index in [1.54, 1.807) is 0 Å². The summed E-state index contributed by atoms with van der Waals surface area (Å²) in [5.74, 6) is 1.14. The molecule has 1 aromatic rings. The number of amidine groups is 1. The van der Waals surface area contributed by atoms with Crippen molar-refractivity contribution in [3.05, 3.63) is 23.8 Å². The first-order valence-corrected chi connectivity index (χ1v) is 7.58. The fourth-order valence-electron chi connectivity index (χ4n) is 2.91. The SMILES string of the molecule is Cc1cccc(/N=C2\CCCCN2)c1N1CCOCC1. The van der Waals surface area contributed by atoms with E-state index in [2.05, 4.69) is 35.3 Å². The highest BCUT2D eigenvalue weighted by molar-refractivity contribution is 5.88. The van der Waals surface area contributed by atoms with Gasteiger partial charge in [-0.3, -0.25) is 0 Å². The fourth-order valence-corrected chi connectivity index (χ4v) is 2.91. The van der Waals surface area contributed by atoms with Crippen molar-refractivity contribution in [2.24, 2.45) is 4.99 Å². The number of morpholine rings is 1. The van der Waals surface area contributed by atoms with Crippen LogP contribution in [-0.4, -0.2) is 38.7 Å². The van der Waals surface area contributed by atoms with Crippen LogP contribution in [0.15, 0.2) is 23.2 Å². The van der Waals surface area contributed by atoms with Gasteiger partial charge in [0, 0.05) is 26.1 Å². The van der Waals surface area contributed by atoms with Crippen molar-refractivity contribution in [1.82, 2.24) is 5.32 Å². The van der Waals surface area contributed by atoms with Crippen LogP contribution < -0.4 is 10.2 Å². The maximum absolute atomic E-state index is 5.46. The highest BCUT2D eigenvalue weighted by atomic mass is 16.5. The van der Waals surface area contributed by atoms with E-state index >= 15 is 0 Å². The molecule has 20 heavy (non-hydrogen) atoms. The Morgan fingerprint density at radius 1 is 1.20 bits per heavy atom. The maximum Gasteiger partial charge on any atom is 0.102 e. The van der Waals surface area contributed by atoms with Crippen LogP contribution in [0.4, 0.5) is 11.4 Å². The van der Waals surface area contributed by atoms with Gasteiger partial charge < -0.3 is 15.0 Å². The monoisotopic (exact) mass is 273 g/mol. The number of rotatable bonds is 2. The molecule has 0 saturated carbocycles. The maximum atomic E-state index is 5.46. The van der Waals surface area contributed by atoms with Crippen molar-refractivity contribution in [3.8, 4) is 0 Å². The number of aryl methyl sites for hydroxylation is 1. The molecule has 4 heteroatoms. The van der Waals surface area contributed by atoms with Gasteiger partial charge in [0.05, 0.1) is 24.6 Å². The predicted molar refractivity (Wildman–Crippen MR) is 83.2 cm³/mol. The van der Waals surface area contributed by atoms with Crippen molar-refractivity contribution in [3.63, 3.8) is 0 Å². The number of nitrogens with one attached hydrogen (secondary N) is 1. The average molecular weight is 273 g/mol. The Kier molecular flexibility index (Phi) is 4.21. The lowest BCUT2D eigenvalue weighted by Gasteiger charge is -2.31. The van der Waals surface area contributed by atoms with Gasteiger partial charge in [0.25, 0.3) is 0 Å². The van der Waals surface area contributed by atoms with Crippen molar-refractivity contribution < 1.29 is 4.74 Å². The molecule has 1 N–H and O–H groups in total. The van der Waals surface area contributed by atoms with E-state index in [1.807, 2.05) is 0 Å². The van der Waals surface area contributed by atoms with Crippen molar-refractivity contribution in [2.75, 3.05) is 37.7 Å². The Labute approximate surface area is 120 Å². The molecule has 2 fully saturated rings. The highest BCUT2D eigenvalue weighted by Gasteiger charge is 2.17. The third kappa shape index (κ3) is 2.96. The minimum absolute atomic E-state index is 0.808. The van der Waals surface area contributed by atoms with E-state index in [0.29, 0.717) is 0 Å². The summed E-state index contributed by atoms with van der Waals surface area (Å²) < 4.78 is 5.46. The Morgan fingerprint density at radius 2 is 2.05 bits per heavy atom. The molecule has 0 amide bonds. The standard InChI is InChI=1S/C16H23N3O/c1-13-5-4-6-14(18-15-7-2-3-8-17-15)16(13)19-9-11-20-12-10-19/h4-6H,2-3,7-12H2,1H3,(H,17,18). The number of hydrogen-bond acceptors (Lipinski definition) is 3. The van der Waals surface area contributed by atoms with Gasteiger partial charge in [-0.05, 0) is 31.4 Å². The molecular formula is C16H23N3O. The Morgan fingerprint density at radius 3 is 2.80 bits per heavy atom. The summed E-state index contributed by atoms with van der Waals surface area (Å²) in [4.78, 5) is 7.28. The molecule has 2 aliphatic rings. The summed E-state index contributed by atoms with van der Waals surface area (Å²) >= 11 is 0. The van der Waals surface area contributed by atoms with Crippen LogP contribution in [-0.2, 0) is 4.74 Å². The van der Waals surface area contributed by atoms with Crippen LogP contribution in [0.25, 0.3) is 0 Å². The summed E-state index contributed by atoms with van der Waals surface area (Å²) in [6.07, 6.45) is 3.56. The van der Waals surface area contributed by atoms with E-state index < -0.39 is 0 Å². The third-order valence-corrected chi connectivity index (χ3v) is 3.97. The second kappa shape index (κ2) is 6.27. The molecule has 3 rings (SSSR count). The van der Waals surface area contributed by atoms with E-state index in [-0.39, 0.29) is 0 Å². The van der Waals surface area contributed by atoms with E-state index in [0.717, 1.165) is 50.8 Å². The number of aliphatic imine (C=N–C) groups is 1. The zero-order valence-corrected chi connectivity index (χ0v) is 12.2. The molecule has 0 bridgehead atoms. The normalized spacial score (nSPS) is 21.9. The molecule has 0 radical (unpaired) electrons. The number of para-hydroxylation sites is 1. The van der Waals surface area contributed by atoms with Gasteiger partial charge in [-0.15, -0.1) is 0 Å². The molecule has 2 heterocycles. The van der Waals surface area contributed by atoms with Gasteiger partial charge in [0.2, 0.25) is 0 Å². The predicted octanol–water partition coefficient (Wildman–Crippen LogP) is 2.64. The quantitative estimate of drug-likeness (QED) is 0.900. The average Bonchev–Trinajstić information content (AvgIpc) is 2.49. The Hall–Kier alpha value is -1.55. The zero-order chi connectivity index (χ0) is 13.8. The van der Waals surface area contributed by atoms with Crippen LogP contribution in [0.1, 0.15) is 24.8 Å². The van der Waals surface area contributed by atoms with Crippen LogP contribution in [0.3, 0.4) is 0 Å². The molecule has 2 aliphatic heterocycles. The molecule has 0 aromatic heterocycles. The number of hydrogen-bond donors (Lipinski definition) is 1. The minimum atomic E-state index is 0.808. The number of piperidine rings is 1. The first-order chi connectivity index (χ1) is 9.84. The van der Waals surface area contributed by atoms with Crippen LogP contribution >= 0.6 is 0 Å². The molecule has 1 aromatic carbocycles. The van der Waals surface area contributed by atoms with Gasteiger partial charge in [-0.1, -0.05) is 12.1 Å². The highest BCUT2D eigenvalue weighted by Crippen LogP contribution is 2.33. The first-order valence-electron chi connectivity index (χ1n) is 7.58. The molecular weight excluding hydrogens is 250 g/mol. The lowest BCUT2D eigenvalue weighted by Crippen LogP contribution is -2.36. The first kappa shape index (κ1) is 13.4. The van der Waals surface area contributed by atoms with E-state index in [9.17, 15) is 0 Å². The van der Waals surface area contributed by atoms with Gasteiger partial charge >= 0.3 is 0 Å². The lowest BCUT2D eigenvalue weighted by molar-refractivity contribution is 0.122. The molecule has 0 spiro atoms. The second-order valence-electron chi connectivity index (χ2n) is 5.48. The van der Waals surface area contributed by atoms with Gasteiger partial charge in [-0.25, -0.2) is 4.99 Å². The largest absolute Gasteiger partial charge is 0.378 e. The minimum Gasteiger partial charge on any atom is -0.378 e. The van der Waals surface area contributed by atoms with Gasteiger partial charge in [-0.2, -0.15) is 0 Å². The molecule has 0 unspecified atom stereocenters. The third-order valence-electron chi connectivity index (χ3n) is 3.97. The summed E-state index contributed by atoms with van der Waals surface area (Å²) in [6.45, 7) is 6.75. The topological polar surface area (TPSA) is 36.9 Å². The fraction of sp³-hybridized carbons (Fsp3) is 0.562. The van der Waals surface area contributed by atoms with Crippen LogP contribution in [0.5, 0.6) is 0 Å². The van der Waals surface area contributed by atoms with E-state index in [1.165, 1.54) is 24.1 Å². The number of nitrogens with zero attached hydrogens (tertiary/aromatic N) is 2. The summed E-state index contributed by atoms with van der Waals surface area (Å²) in [7, 11) is 0. The second-order valence-corrected chi connectivity index (χ2v) is 5.48. The molecule has 0 atom stereocenters. The molecule has 4 nitrogen and oxygen atoms in total. The number of anilines is 1.